The van der Waals surface area contributed by atoms with Crippen molar-refractivity contribution in [3.8, 4) is 5.75 Å². The first kappa shape index (κ1) is 18.5. The number of benzene rings is 2. The van der Waals surface area contributed by atoms with E-state index in [0.717, 1.165) is 49.2 Å². The zero-order valence-electron chi connectivity index (χ0n) is 15.8. The SMILES string of the molecule is O=C(NCCCn1cnc2ccccc21)c1ccc(OC[C@H]2CCCO2)cc1. The van der Waals surface area contributed by atoms with Gasteiger partial charge >= 0.3 is 0 Å². The summed E-state index contributed by atoms with van der Waals surface area (Å²) in [4.78, 5) is 16.7. The molecule has 4 rings (SSSR count). The molecule has 1 saturated heterocycles. The molecule has 3 aromatic rings. The molecule has 0 unspecified atom stereocenters. The number of imidazole rings is 1. The fourth-order valence-electron chi connectivity index (χ4n) is 3.41. The van der Waals surface area contributed by atoms with Crippen LogP contribution in [0.1, 0.15) is 29.6 Å². The Morgan fingerprint density at radius 1 is 1.21 bits per heavy atom. The van der Waals surface area contributed by atoms with Crippen LogP contribution in [0.2, 0.25) is 0 Å². The summed E-state index contributed by atoms with van der Waals surface area (Å²) < 4.78 is 13.4. The molecule has 6 heteroatoms. The van der Waals surface area contributed by atoms with Gasteiger partial charge in [-0.2, -0.15) is 0 Å². The molecule has 0 saturated carbocycles. The summed E-state index contributed by atoms with van der Waals surface area (Å²) in [5.41, 5.74) is 2.75. The number of carbonyl (C=O) groups is 1. The van der Waals surface area contributed by atoms with Gasteiger partial charge in [0, 0.05) is 25.3 Å². The van der Waals surface area contributed by atoms with Crippen LogP contribution < -0.4 is 10.1 Å². The fraction of sp³-hybridized carbons (Fsp3) is 0.364. The van der Waals surface area contributed by atoms with Crippen LogP contribution in [0, 0.1) is 0 Å². The van der Waals surface area contributed by atoms with Crippen molar-refractivity contribution in [2.45, 2.75) is 31.9 Å². The van der Waals surface area contributed by atoms with Crippen molar-refractivity contribution in [2.75, 3.05) is 19.8 Å². The van der Waals surface area contributed by atoms with Crippen LogP contribution in [-0.4, -0.2) is 41.3 Å². The highest BCUT2D eigenvalue weighted by atomic mass is 16.5. The van der Waals surface area contributed by atoms with Crippen molar-refractivity contribution in [3.05, 3.63) is 60.4 Å². The largest absolute Gasteiger partial charge is 0.491 e. The Labute approximate surface area is 164 Å². The van der Waals surface area contributed by atoms with E-state index in [1.54, 1.807) is 12.1 Å². The number of para-hydroxylation sites is 2. The Kier molecular flexibility index (Phi) is 5.87. The van der Waals surface area contributed by atoms with Crippen LogP contribution in [0.25, 0.3) is 11.0 Å². The van der Waals surface area contributed by atoms with Crippen LogP contribution in [0.4, 0.5) is 0 Å². The van der Waals surface area contributed by atoms with Crippen molar-refractivity contribution in [3.63, 3.8) is 0 Å². The molecule has 1 aliphatic rings. The summed E-state index contributed by atoms with van der Waals surface area (Å²) in [5.74, 6) is 0.695. The van der Waals surface area contributed by atoms with Gasteiger partial charge in [0.1, 0.15) is 12.4 Å². The number of hydrogen-bond donors (Lipinski definition) is 1. The molecule has 1 N–H and O–H groups in total. The molecule has 1 aliphatic heterocycles. The highest BCUT2D eigenvalue weighted by molar-refractivity contribution is 5.94. The number of nitrogens with one attached hydrogen (secondary N) is 1. The van der Waals surface area contributed by atoms with Crippen LogP contribution in [0.3, 0.4) is 0 Å². The van der Waals surface area contributed by atoms with Gasteiger partial charge < -0.3 is 19.4 Å². The number of carbonyl (C=O) groups excluding carboxylic acids is 1. The number of ether oxygens (including phenoxy) is 2. The number of hydrogen-bond acceptors (Lipinski definition) is 4. The second-order valence-electron chi connectivity index (χ2n) is 7.01. The van der Waals surface area contributed by atoms with E-state index < -0.39 is 0 Å². The van der Waals surface area contributed by atoms with E-state index in [4.69, 9.17) is 9.47 Å². The van der Waals surface area contributed by atoms with Gasteiger partial charge in [-0.3, -0.25) is 4.79 Å². The zero-order valence-corrected chi connectivity index (χ0v) is 15.8. The topological polar surface area (TPSA) is 65.4 Å². The Hall–Kier alpha value is -2.86. The highest BCUT2D eigenvalue weighted by Gasteiger charge is 2.16. The Morgan fingerprint density at radius 3 is 2.89 bits per heavy atom. The lowest BCUT2D eigenvalue weighted by Crippen LogP contribution is -2.25. The van der Waals surface area contributed by atoms with Crippen molar-refractivity contribution in [1.29, 1.82) is 0 Å². The summed E-state index contributed by atoms with van der Waals surface area (Å²) >= 11 is 0. The van der Waals surface area contributed by atoms with E-state index >= 15 is 0 Å². The third kappa shape index (κ3) is 4.51. The van der Waals surface area contributed by atoms with Gasteiger partial charge in [0.2, 0.25) is 0 Å². The molecule has 6 nitrogen and oxygen atoms in total. The highest BCUT2D eigenvalue weighted by Crippen LogP contribution is 2.17. The molecule has 146 valence electrons. The lowest BCUT2D eigenvalue weighted by atomic mass is 10.2. The van der Waals surface area contributed by atoms with E-state index in [-0.39, 0.29) is 12.0 Å². The third-order valence-electron chi connectivity index (χ3n) is 4.97. The van der Waals surface area contributed by atoms with Gasteiger partial charge in [-0.05, 0) is 55.7 Å². The minimum atomic E-state index is -0.0684. The van der Waals surface area contributed by atoms with Gasteiger partial charge in [-0.25, -0.2) is 4.98 Å². The molecule has 0 spiro atoms. The second-order valence-corrected chi connectivity index (χ2v) is 7.01. The Morgan fingerprint density at radius 2 is 2.07 bits per heavy atom. The standard InChI is InChI=1S/C22H25N3O3/c26-22(17-8-10-18(11-9-17)28-15-19-5-3-14-27-19)23-12-4-13-25-16-24-20-6-1-2-7-21(20)25/h1-2,6-11,16,19H,3-5,12-15H2,(H,23,26)/t19-/m1/s1. The van der Waals surface area contributed by atoms with E-state index in [9.17, 15) is 4.79 Å². The van der Waals surface area contributed by atoms with Crippen molar-refractivity contribution < 1.29 is 14.3 Å². The maximum Gasteiger partial charge on any atom is 0.251 e. The van der Waals surface area contributed by atoms with E-state index in [1.165, 1.54) is 0 Å². The first-order chi connectivity index (χ1) is 13.8. The van der Waals surface area contributed by atoms with Gasteiger partial charge in [-0.15, -0.1) is 0 Å². The lowest BCUT2D eigenvalue weighted by molar-refractivity contribution is 0.0679. The second kappa shape index (κ2) is 8.89. The van der Waals surface area contributed by atoms with Gasteiger partial charge in [0.05, 0.1) is 23.5 Å². The summed E-state index contributed by atoms with van der Waals surface area (Å²) in [6.07, 6.45) is 5.03. The lowest BCUT2D eigenvalue weighted by Gasteiger charge is -2.12. The van der Waals surface area contributed by atoms with Crippen molar-refractivity contribution in [1.82, 2.24) is 14.9 Å². The first-order valence-electron chi connectivity index (χ1n) is 9.82. The molecule has 28 heavy (non-hydrogen) atoms. The maximum atomic E-state index is 12.3. The molecule has 1 fully saturated rings. The molecule has 0 bridgehead atoms. The quantitative estimate of drug-likeness (QED) is 0.609. The van der Waals surface area contributed by atoms with Crippen molar-refractivity contribution >= 4 is 16.9 Å². The predicted molar refractivity (Wildman–Crippen MR) is 108 cm³/mol. The normalized spacial score (nSPS) is 16.4. The number of rotatable bonds is 8. The van der Waals surface area contributed by atoms with Gasteiger partial charge in [-0.1, -0.05) is 12.1 Å². The van der Waals surface area contributed by atoms with Crippen LogP contribution in [0.5, 0.6) is 5.75 Å². The molecular weight excluding hydrogens is 354 g/mol. The fourth-order valence-corrected chi connectivity index (χ4v) is 3.41. The predicted octanol–water partition coefficient (Wildman–Crippen LogP) is 3.41. The zero-order chi connectivity index (χ0) is 19.2. The third-order valence-corrected chi connectivity index (χ3v) is 4.97. The van der Waals surface area contributed by atoms with Gasteiger partial charge in [0.15, 0.2) is 0 Å². The van der Waals surface area contributed by atoms with Crippen LogP contribution in [0.15, 0.2) is 54.9 Å². The molecule has 1 amide bonds. The molecular formula is C22H25N3O3. The maximum absolute atomic E-state index is 12.3. The molecule has 2 aromatic carbocycles. The number of nitrogens with zero attached hydrogens (tertiary/aromatic N) is 2. The first-order valence-corrected chi connectivity index (χ1v) is 9.82. The number of aromatic nitrogens is 2. The van der Waals surface area contributed by atoms with E-state index in [1.807, 2.05) is 36.7 Å². The average molecular weight is 379 g/mol. The summed E-state index contributed by atoms with van der Waals surface area (Å²) in [5, 5.41) is 2.97. The Bertz CT molecular complexity index is 914. The average Bonchev–Trinajstić information content (AvgIpc) is 3.40. The van der Waals surface area contributed by atoms with E-state index in [0.29, 0.717) is 18.7 Å². The van der Waals surface area contributed by atoms with Crippen LogP contribution in [-0.2, 0) is 11.3 Å². The molecule has 1 atom stereocenters. The summed E-state index contributed by atoms with van der Waals surface area (Å²) in [6, 6.07) is 15.3. The molecule has 2 heterocycles. The number of aryl methyl sites for hydroxylation is 1. The number of fused-ring (bicyclic) bond motifs is 1. The molecule has 0 radical (unpaired) electrons. The smallest absolute Gasteiger partial charge is 0.251 e. The Balaban J connectivity index is 1.21. The monoisotopic (exact) mass is 379 g/mol. The summed E-state index contributed by atoms with van der Waals surface area (Å²) in [6.45, 7) is 2.82. The summed E-state index contributed by atoms with van der Waals surface area (Å²) in [7, 11) is 0. The number of amides is 1. The van der Waals surface area contributed by atoms with Crippen molar-refractivity contribution in [2.24, 2.45) is 0 Å². The van der Waals surface area contributed by atoms with Gasteiger partial charge in [0.25, 0.3) is 5.91 Å². The van der Waals surface area contributed by atoms with Crippen LogP contribution >= 0.6 is 0 Å². The molecule has 1 aromatic heterocycles. The minimum Gasteiger partial charge on any atom is -0.491 e. The molecule has 0 aliphatic carbocycles. The minimum absolute atomic E-state index is 0.0684. The van der Waals surface area contributed by atoms with E-state index in [2.05, 4.69) is 20.9 Å².